The van der Waals surface area contributed by atoms with Crippen LogP contribution in [-0.2, 0) is 32.7 Å². The van der Waals surface area contributed by atoms with Crippen LogP contribution in [0, 0.1) is 19.4 Å². The molecule has 0 aromatic carbocycles. The first kappa shape index (κ1) is 22.6. The van der Waals surface area contributed by atoms with E-state index in [1.807, 2.05) is 13.8 Å². The van der Waals surface area contributed by atoms with Gasteiger partial charge in [-0.3, -0.25) is 0 Å². The van der Waals surface area contributed by atoms with Crippen molar-refractivity contribution in [2.45, 2.75) is 41.0 Å². The van der Waals surface area contributed by atoms with Crippen molar-refractivity contribution < 1.29 is 32.7 Å². The van der Waals surface area contributed by atoms with Crippen molar-refractivity contribution >= 4 is 0 Å². The number of hydrogen-bond acceptors (Lipinski definition) is 0. The van der Waals surface area contributed by atoms with Crippen LogP contribution >= 0.6 is 0 Å². The molecule has 0 saturated heterocycles. The smallest absolute Gasteiger partial charge is 0 e. The van der Waals surface area contributed by atoms with E-state index < -0.39 is 0 Å². The molecule has 0 saturated carbocycles. The van der Waals surface area contributed by atoms with Crippen LogP contribution in [0.3, 0.4) is 0 Å². The second kappa shape index (κ2) is 30.8. The molecule has 0 atom stereocenters. The molecular formula is C10H22Y-2. The molecule has 0 fully saturated rings. The Labute approximate surface area is 98.7 Å². The van der Waals surface area contributed by atoms with E-state index in [2.05, 4.69) is 27.7 Å². The summed E-state index contributed by atoms with van der Waals surface area (Å²) in [7, 11) is 0. The summed E-state index contributed by atoms with van der Waals surface area (Å²) in [4.78, 5) is 0. The molecule has 67 valence electrons. The molecule has 0 aliphatic carbocycles. The Hall–Kier alpha value is 0.844. The van der Waals surface area contributed by atoms with E-state index in [9.17, 15) is 0 Å². The monoisotopic (exact) mass is 231 g/mol. The van der Waals surface area contributed by atoms with Crippen molar-refractivity contribution in [3.8, 4) is 0 Å². The van der Waals surface area contributed by atoms with Gasteiger partial charge in [0.2, 0.25) is 0 Å². The minimum Gasteiger partial charge on any atom is -0.520 e. The summed E-state index contributed by atoms with van der Waals surface area (Å²) in [6, 6.07) is 0. The molecule has 0 rings (SSSR count). The maximum Gasteiger partial charge on any atom is 0 e. The third-order valence-electron chi connectivity index (χ3n) is 0.167. The second-order valence-corrected chi connectivity index (χ2v) is 2.26. The first-order valence-corrected chi connectivity index (χ1v) is 3.97. The van der Waals surface area contributed by atoms with Gasteiger partial charge in [0, 0.05) is 32.7 Å². The van der Waals surface area contributed by atoms with Gasteiger partial charge in [-0.25, -0.2) is 0 Å². The van der Waals surface area contributed by atoms with Crippen LogP contribution in [0.4, 0.5) is 0 Å². The molecule has 0 aliphatic heterocycles. The summed E-state index contributed by atoms with van der Waals surface area (Å²) >= 11 is 0. The molecule has 11 heavy (non-hydrogen) atoms. The Morgan fingerprint density at radius 3 is 1.36 bits per heavy atom. The normalized spacial score (nSPS) is 6.09. The zero-order valence-electron chi connectivity index (χ0n) is 8.72. The van der Waals surface area contributed by atoms with Gasteiger partial charge in [0.1, 0.15) is 0 Å². The van der Waals surface area contributed by atoms with E-state index in [1.54, 1.807) is 0 Å². The van der Waals surface area contributed by atoms with Crippen molar-refractivity contribution in [1.29, 1.82) is 0 Å². The second-order valence-electron chi connectivity index (χ2n) is 2.26. The van der Waals surface area contributed by atoms with Crippen LogP contribution in [0.2, 0.25) is 0 Å². The molecule has 0 spiro atoms. The zero-order chi connectivity index (χ0) is 8.99. The average Bonchev–Trinajstić information content (AvgIpc) is 1.91. The molecule has 0 aromatic rings. The molecule has 0 amide bonds. The van der Waals surface area contributed by atoms with Crippen molar-refractivity contribution in [2.75, 3.05) is 0 Å². The third-order valence-corrected chi connectivity index (χ3v) is 0.167. The van der Waals surface area contributed by atoms with E-state index in [4.69, 9.17) is 6.58 Å². The van der Waals surface area contributed by atoms with Gasteiger partial charge in [-0.15, -0.1) is 0 Å². The number of hydrogen-bond donors (Lipinski definition) is 0. The van der Waals surface area contributed by atoms with E-state index >= 15 is 0 Å². The molecule has 0 heterocycles. The van der Waals surface area contributed by atoms with Gasteiger partial charge in [-0.2, -0.15) is 6.42 Å². The summed E-state index contributed by atoms with van der Waals surface area (Å²) < 4.78 is 0. The van der Waals surface area contributed by atoms with Gasteiger partial charge in [0.15, 0.2) is 0 Å². The van der Waals surface area contributed by atoms with Crippen LogP contribution in [0.25, 0.3) is 0 Å². The van der Waals surface area contributed by atoms with Crippen LogP contribution in [0.5, 0.6) is 0 Å². The summed E-state index contributed by atoms with van der Waals surface area (Å²) in [5.74, 6) is 0.833. The predicted molar refractivity (Wildman–Crippen MR) is 50.7 cm³/mol. The van der Waals surface area contributed by atoms with Gasteiger partial charge < -0.3 is 19.6 Å². The van der Waals surface area contributed by atoms with E-state index in [0.717, 1.165) is 12.3 Å². The van der Waals surface area contributed by atoms with E-state index in [0.29, 0.717) is 0 Å². The van der Waals surface area contributed by atoms with Gasteiger partial charge in [0.25, 0.3) is 0 Å². The largest absolute Gasteiger partial charge is 0.520 e. The molecule has 0 aromatic heterocycles. The molecule has 0 bridgehead atoms. The first-order valence-electron chi connectivity index (χ1n) is 3.97. The van der Waals surface area contributed by atoms with Gasteiger partial charge >= 0.3 is 0 Å². The summed E-state index contributed by atoms with van der Waals surface area (Å²) in [5.41, 5.74) is 0. The van der Waals surface area contributed by atoms with Crippen molar-refractivity contribution in [2.24, 2.45) is 5.92 Å². The maximum absolute atomic E-state index is 4.84. The Morgan fingerprint density at radius 1 is 1.27 bits per heavy atom. The SMILES string of the molecule is CC.CC(C)C.[CH-]=CC[CH2-].[Y]. The summed E-state index contributed by atoms with van der Waals surface area (Å²) in [6.07, 6.45) is 2.24. The maximum atomic E-state index is 4.84. The average molecular weight is 231 g/mol. The molecule has 0 unspecified atom stereocenters. The minimum atomic E-state index is 0. The van der Waals surface area contributed by atoms with Gasteiger partial charge in [0.05, 0.1) is 0 Å². The minimum absolute atomic E-state index is 0. The van der Waals surface area contributed by atoms with Crippen molar-refractivity contribution in [3.05, 3.63) is 19.6 Å². The fourth-order valence-electron chi connectivity index (χ4n) is 0. The fourth-order valence-corrected chi connectivity index (χ4v) is 0. The predicted octanol–water partition coefficient (Wildman–Crippen LogP) is 3.89. The van der Waals surface area contributed by atoms with E-state index in [-0.39, 0.29) is 32.7 Å². The molecule has 0 nitrogen and oxygen atoms in total. The van der Waals surface area contributed by atoms with Crippen molar-refractivity contribution in [1.82, 2.24) is 0 Å². The van der Waals surface area contributed by atoms with Gasteiger partial charge in [-0.1, -0.05) is 34.6 Å². The molecule has 0 aliphatic rings. The molecule has 1 radical (unpaired) electrons. The Morgan fingerprint density at radius 2 is 1.36 bits per heavy atom. The zero-order valence-corrected chi connectivity index (χ0v) is 11.6. The first-order chi connectivity index (χ1) is 4.65. The van der Waals surface area contributed by atoms with Crippen LogP contribution in [0.1, 0.15) is 41.0 Å². The van der Waals surface area contributed by atoms with Crippen LogP contribution < -0.4 is 0 Å². The summed E-state index contributed by atoms with van der Waals surface area (Å²) in [6.45, 7) is 18.8. The molecular weight excluding hydrogens is 209 g/mol. The number of rotatable bonds is 1. The Balaban J connectivity index is -0.0000000339. The Kier molecular flexibility index (Phi) is 63.3. The topological polar surface area (TPSA) is 0 Å². The number of allylic oxidation sites excluding steroid dienone is 1. The third kappa shape index (κ3) is 249. The Bertz CT molecular complexity index is 37.4. The van der Waals surface area contributed by atoms with E-state index in [1.165, 1.54) is 6.08 Å². The van der Waals surface area contributed by atoms with Gasteiger partial charge in [-0.05, 0) is 5.92 Å². The van der Waals surface area contributed by atoms with Crippen LogP contribution in [-0.4, -0.2) is 0 Å². The quantitative estimate of drug-likeness (QED) is 0.600. The van der Waals surface area contributed by atoms with Crippen molar-refractivity contribution in [3.63, 3.8) is 0 Å². The molecule has 0 N–H and O–H groups in total. The standard InChI is InChI=1S/C4H10.C4H6.C2H6.Y/c1-4(2)3;1-3-4-2;1-2;/h4H,1-3H3;1,3H,2,4H2;1-2H3;/q;-2;;. The summed E-state index contributed by atoms with van der Waals surface area (Å²) in [5, 5.41) is 0. The fraction of sp³-hybridized carbons (Fsp3) is 0.700. The van der Waals surface area contributed by atoms with Crippen LogP contribution in [0.15, 0.2) is 6.08 Å². The molecule has 1 heteroatoms.